The highest BCUT2D eigenvalue weighted by atomic mass is 32.1. The van der Waals surface area contributed by atoms with Crippen molar-refractivity contribution in [3.63, 3.8) is 0 Å². The van der Waals surface area contributed by atoms with Crippen LogP contribution in [0.4, 0.5) is 17.3 Å². The predicted molar refractivity (Wildman–Crippen MR) is 83.8 cm³/mol. The number of anilines is 3. The lowest BCUT2D eigenvalue weighted by Gasteiger charge is -2.11. The summed E-state index contributed by atoms with van der Waals surface area (Å²) in [6.07, 6.45) is 1.57. The van der Waals surface area contributed by atoms with Crippen molar-refractivity contribution in [1.29, 1.82) is 0 Å². The van der Waals surface area contributed by atoms with E-state index in [1.165, 1.54) is 0 Å². The van der Waals surface area contributed by atoms with Crippen LogP contribution in [0.2, 0.25) is 0 Å². The van der Waals surface area contributed by atoms with Crippen LogP contribution in [0.25, 0.3) is 10.2 Å². The van der Waals surface area contributed by atoms with Gasteiger partial charge in [-0.05, 0) is 32.0 Å². The molecule has 6 heteroatoms. The van der Waals surface area contributed by atoms with Crippen LogP contribution in [0, 0.1) is 6.92 Å². The van der Waals surface area contributed by atoms with E-state index in [0.29, 0.717) is 0 Å². The molecule has 0 saturated heterocycles. The summed E-state index contributed by atoms with van der Waals surface area (Å²) in [7, 11) is 0. The van der Waals surface area contributed by atoms with Gasteiger partial charge in [0.1, 0.15) is 18.0 Å². The molecule has 0 aliphatic carbocycles. The van der Waals surface area contributed by atoms with Gasteiger partial charge in [-0.25, -0.2) is 15.0 Å². The Balaban J connectivity index is 1.91. The maximum absolute atomic E-state index is 4.31. The molecule has 2 N–H and O–H groups in total. The van der Waals surface area contributed by atoms with Crippen LogP contribution in [0.3, 0.4) is 0 Å². The minimum Gasteiger partial charge on any atom is -0.370 e. The molecule has 0 aliphatic heterocycles. The smallest absolute Gasteiger partial charge is 0.138 e. The molecule has 0 aliphatic rings. The van der Waals surface area contributed by atoms with E-state index in [-0.39, 0.29) is 0 Å². The molecule has 0 fully saturated rings. The summed E-state index contributed by atoms with van der Waals surface area (Å²) in [6, 6.07) is 6.11. The minimum atomic E-state index is 0.819. The second-order valence-electron chi connectivity index (χ2n) is 4.39. The van der Waals surface area contributed by atoms with Crippen LogP contribution in [-0.2, 0) is 0 Å². The number of nitrogens with one attached hydrogen (secondary N) is 2. The third-order valence-corrected chi connectivity index (χ3v) is 3.81. The molecule has 20 heavy (non-hydrogen) atoms. The second kappa shape index (κ2) is 5.42. The van der Waals surface area contributed by atoms with E-state index >= 15 is 0 Å². The molecule has 102 valence electrons. The topological polar surface area (TPSA) is 62.7 Å². The first-order chi connectivity index (χ1) is 9.78. The van der Waals surface area contributed by atoms with Gasteiger partial charge in [-0.3, -0.25) is 0 Å². The molecule has 0 spiro atoms. The van der Waals surface area contributed by atoms with Crippen molar-refractivity contribution in [1.82, 2.24) is 15.0 Å². The molecule has 1 aromatic carbocycles. The summed E-state index contributed by atoms with van der Waals surface area (Å²) in [4.78, 5) is 12.8. The van der Waals surface area contributed by atoms with Crippen LogP contribution in [0.1, 0.15) is 12.5 Å². The first-order valence-corrected chi connectivity index (χ1v) is 7.31. The van der Waals surface area contributed by atoms with Gasteiger partial charge in [-0.2, -0.15) is 0 Å². The highest BCUT2D eigenvalue weighted by Crippen LogP contribution is 2.26. The van der Waals surface area contributed by atoms with Gasteiger partial charge in [0.25, 0.3) is 0 Å². The minimum absolute atomic E-state index is 0.819. The van der Waals surface area contributed by atoms with Gasteiger partial charge >= 0.3 is 0 Å². The number of aromatic nitrogens is 3. The normalized spacial score (nSPS) is 10.7. The van der Waals surface area contributed by atoms with Gasteiger partial charge in [0.05, 0.1) is 15.7 Å². The van der Waals surface area contributed by atoms with E-state index in [1.807, 2.05) is 31.5 Å². The van der Waals surface area contributed by atoms with Crippen molar-refractivity contribution < 1.29 is 0 Å². The van der Waals surface area contributed by atoms with Crippen LogP contribution >= 0.6 is 11.3 Å². The zero-order valence-electron chi connectivity index (χ0n) is 11.3. The lowest BCUT2D eigenvalue weighted by molar-refractivity contribution is 1.08. The van der Waals surface area contributed by atoms with Crippen molar-refractivity contribution >= 4 is 38.9 Å². The fourth-order valence-electron chi connectivity index (χ4n) is 1.99. The summed E-state index contributed by atoms with van der Waals surface area (Å²) < 4.78 is 1.16. The third kappa shape index (κ3) is 2.42. The number of rotatable bonds is 4. The first kappa shape index (κ1) is 12.8. The quantitative estimate of drug-likeness (QED) is 0.767. The summed E-state index contributed by atoms with van der Waals surface area (Å²) in [6.45, 7) is 4.89. The standard InChI is InChI=1S/C14H15N5S/c1-3-15-13-9(2)14(17-7-16-13)19-10-4-5-11-12(6-10)20-8-18-11/h4-8H,3H2,1-2H3,(H2,15,16,17,19). The molecular weight excluding hydrogens is 270 g/mol. The van der Waals surface area contributed by atoms with Crippen LogP contribution in [-0.4, -0.2) is 21.5 Å². The van der Waals surface area contributed by atoms with E-state index in [1.54, 1.807) is 17.7 Å². The monoisotopic (exact) mass is 285 g/mol. The molecule has 0 saturated carbocycles. The Labute approximate surface area is 121 Å². The van der Waals surface area contributed by atoms with Crippen LogP contribution in [0.5, 0.6) is 0 Å². The number of nitrogens with zero attached hydrogens (tertiary/aromatic N) is 3. The Hall–Kier alpha value is -2.21. The summed E-state index contributed by atoms with van der Waals surface area (Å²) in [5.74, 6) is 1.68. The molecule has 3 aromatic rings. The van der Waals surface area contributed by atoms with Crippen molar-refractivity contribution in [3.8, 4) is 0 Å². The summed E-state index contributed by atoms with van der Waals surface area (Å²) in [5, 5.41) is 6.57. The molecule has 3 rings (SSSR count). The highest BCUT2D eigenvalue weighted by Gasteiger charge is 2.07. The lowest BCUT2D eigenvalue weighted by Crippen LogP contribution is -2.05. The van der Waals surface area contributed by atoms with Gasteiger partial charge in [0, 0.05) is 17.8 Å². The number of benzene rings is 1. The lowest BCUT2D eigenvalue weighted by atomic mass is 10.2. The van der Waals surface area contributed by atoms with Gasteiger partial charge < -0.3 is 10.6 Å². The predicted octanol–water partition coefficient (Wildman–Crippen LogP) is 3.57. The van der Waals surface area contributed by atoms with E-state index in [0.717, 1.165) is 39.6 Å². The maximum Gasteiger partial charge on any atom is 0.138 e. The number of hydrogen-bond donors (Lipinski definition) is 2. The molecule has 0 atom stereocenters. The number of hydrogen-bond acceptors (Lipinski definition) is 6. The fourth-order valence-corrected chi connectivity index (χ4v) is 2.71. The zero-order valence-corrected chi connectivity index (χ0v) is 12.2. The van der Waals surface area contributed by atoms with Crippen LogP contribution in [0.15, 0.2) is 30.0 Å². The first-order valence-electron chi connectivity index (χ1n) is 6.43. The van der Waals surface area contributed by atoms with Crippen molar-refractivity contribution in [2.75, 3.05) is 17.2 Å². The zero-order chi connectivity index (χ0) is 13.9. The van der Waals surface area contributed by atoms with E-state index in [2.05, 4.69) is 31.7 Å². The molecule has 0 bridgehead atoms. The van der Waals surface area contributed by atoms with E-state index in [4.69, 9.17) is 0 Å². The Bertz CT molecular complexity index is 737. The molecule has 0 unspecified atom stereocenters. The Morgan fingerprint density at radius 2 is 2.00 bits per heavy atom. The summed E-state index contributed by atoms with van der Waals surface area (Å²) in [5.41, 5.74) is 4.89. The molecule has 5 nitrogen and oxygen atoms in total. The van der Waals surface area contributed by atoms with Crippen molar-refractivity contribution in [2.24, 2.45) is 0 Å². The van der Waals surface area contributed by atoms with Gasteiger partial charge in [-0.1, -0.05) is 0 Å². The van der Waals surface area contributed by atoms with E-state index < -0.39 is 0 Å². The van der Waals surface area contributed by atoms with Gasteiger partial charge in [0.2, 0.25) is 0 Å². The van der Waals surface area contributed by atoms with E-state index in [9.17, 15) is 0 Å². The third-order valence-electron chi connectivity index (χ3n) is 3.02. The second-order valence-corrected chi connectivity index (χ2v) is 5.27. The highest BCUT2D eigenvalue weighted by molar-refractivity contribution is 7.16. The Morgan fingerprint density at radius 3 is 2.85 bits per heavy atom. The Kier molecular flexibility index (Phi) is 3.47. The number of fused-ring (bicyclic) bond motifs is 1. The number of thiazole rings is 1. The van der Waals surface area contributed by atoms with Crippen molar-refractivity contribution in [3.05, 3.63) is 35.6 Å². The van der Waals surface area contributed by atoms with Crippen molar-refractivity contribution in [2.45, 2.75) is 13.8 Å². The maximum atomic E-state index is 4.31. The molecule has 2 heterocycles. The molecular formula is C14H15N5S. The Morgan fingerprint density at radius 1 is 1.15 bits per heavy atom. The molecule has 0 radical (unpaired) electrons. The summed E-state index contributed by atoms with van der Waals surface area (Å²) >= 11 is 1.63. The largest absolute Gasteiger partial charge is 0.370 e. The van der Waals surface area contributed by atoms with Gasteiger partial charge in [-0.15, -0.1) is 11.3 Å². The van der Waals surface area contributed by atoms with Crippen LogP contribution < -0.4 is 10.6 Å². The fraction of sp³-hybridized carbons (Fsp3) is 0.214. The average Bonchev–Trinajstić information content (AvgIpc) is 2.91. The average molecular weight is 285 g/mol. The molecule has 0 amide bonds. The molecule has 2 aromatic heterocycles. The van der Waals surface area contributed by atoms with Gasteiger partial charge in [0.15, 0.2) is 0 Å². The SMILES string of the molecule is CCNc1ncnc(Nc2ccc3ncsc3c2)c1C.